The van der Waals surface area contributed by atoms with Crippen molar-refractivity contribution in [2.24, 2.45) is 0 Å². The van der Waals surface area contributed by atoms with E-state index < -0.39 is 10.5 Å². The van der Waals surface area contributed by atoms with Gasteiger partial charge in [-0.2, -0.15) is 0 Å². The van der Waals surface area contributed by atoms with Crippen LogP contribution in [0.15, 0.2) is 18.2 Å². The minimum Gasteiger partial charge on any atom is -0.388 e. The molecule has 0 amide bonds. The van der Waals surface area contributed by atoms with Crippen molar-refractivity contribution in [2.75, 3.05) is 25.1 Å². The smallest absolute Gasteiger partial charge is 0.310 e. The zero-order valence-corrected chi connectivity index (χ0v) is 11.0. The lowest BCUT2D eigenvalue weighted by Gasteiger charge is -2.32. The topological polar surface area (TPSA) is 84.6 Å². The van der Waals surface area contributed by atoms with Gasteiger partial charge in [0, 0.05) is 32.6 Å². The van der Waals surface area contributed by atoms with E-state index in [9.17, 15) is 15.2 Å². The molecule has 104 valence electrons. The van der Waals surface area contributed by atoms with Crippen LogP contribution in [0.3, 0.4) is 0 Å². The van der Waals surface area contributed by atoms with E-state index in [2.05, 4.69) is 5.32 Å². The molecular weight excluding hydrogens is 272 g/mol. The molecule has 0 atom stereocenters. The highest BCUT2D eigenvalue weighted by Gasteiger charge is 2.30. The van der Waals surface area contributed by atoms with E-state index >= 15 is 0 Å². The maximum Gasteiger partial charge on any atom is 0.310 e. The minimum atomic E-state index is -0.894. The van der Waals surface area contributed by atoms with Crippen LogP contribution in [0.25, 0.3) is 0 Å². The Balaban J connectivity index is 2.11. The summed E-state index contributed by atoms with van der Waals surface area (Å²) in [6.07, 6.45) is 1.02. The third-order valence-electron chi connectivity index (χ3n) is 3.20. The SMILES string of the molecule is O=[N+]([O-])c1c(Cl)cccc1NCC1(O)CCOCC1. The first-order valence-electron chi connectivity index (χ1n) is 5.99. The molecule has 0 aliphatic carbocycles. The van der Waals surface area contributed by atoms with Crippen molar-refractivity contribution in [3.05, 3.63) is 33.3 Å². The second-order valence-corrected chi connectivity index (χ2v) is 4.99. The molecule has 2 rings (SSSR count). The van der Waals surface area contributed by atoms with Gasteiger partial charge < -0.3 is 15.2 Å². The molecule has 0 radical (unpaired) electrons. The number of hydrogen-bond acceptors (Lipinski definition) is 5. The van der Waals surface area contributed by atoms with Gasteiger partial charge in [0.15, 0.2) is 0 Å². The molecule has 1 aliphatic heterocycles. The molecule has 19 heavy (non-hydrogen) atoms. The van der Waals surface area contributed by atoms with Crippen LogP contribution in [0.5, 0.6) is 0 Å². The van der Waals surface area contributed by atoms with Crippen LogP contribution in [-0.4, -0.2) is 35.4 Å². The van der Waals surface area contributed by atoms with Crippen LogP contribution in [0.1, 0.15) is 12.8 Å². The Morgan fingerprint density at radius 2 is 2.16 bits per heavy atom. The summed E-state index contributed by atoms with van der Waals surface area (Å²) in [7, 11) is 0. The van der Waals surface area contributed by atoms with Gasteiger partial charge in [-0.1, -0.05) is 17.7 Å². The number of nitro groups is 1. The second kappa shape index (κ2) is 5.73. The van der Waals surface area contributed by atoms with Crippen molar-refractivity contribution in [2.45, 2.75) is 18.4 Å². The number of anilines is 1. The summed E-state index contributed by atoms with van der Waals surface area (Å²) < 4.78 is 5.18. The lowest BCUT2D eigenvalue weighted by molar-refractivity contribution is -0.383. The van der Waals surface area contributed by atoms with Crippen LogP contribution in [0, 0.1) is 10.1 Å². The molecule has 0 bridgehead atoms. The number of nitrogens with one attached hydrogen (secondary N) is 1. The van der Waals surface area contributed by atoms with Crippen molar-refractivity contribution in [3.8, 4) is 0 Å². The molecule has 7 heteroatoms. The predicted octanol–water partition coefficient (Wildman–Crippen LogP) is 2.20. The van der Waals surface area contributed by atoms with Gasteiger partial charge in [-0.3, -0.25) is 10.1 Å². The van der Waals surface area contributed by atoms with E-state index in [0.29, 0.717) is 31.7 Å². The Labute approximate surface area is 115 Å². The first kappa shape index (κ1) is 14.0. The fourth-order valence-electron chi connectivity index (χ4n) is 2.03. The summed E-state index contributed by atoms with van der Waals surface area (Å²) in [5.41, 5.74) is -0.744. The summed E-state index contributed by atoms with van der Waals surface area (Å²) in [6.45, 7) is 1.23. The van der Waals surface area contributed by atoms with Gasteiger partial charge in [0.1, 0.15) is 10.7 Å². The quantitative estimate of drug-likeness (QED) is 0.655. The normalized spacial score (nSPS) is 18.0. The molecule has 0 unspecified atom stereocenters. The van der Waals surface area contributed by atoms with Crippen molar-refractivity contribution in [1.82, 2.24) is 0 Å². The number of para-hydroxylation sites is 1. The van der Waals surface area contributed by atoms with Crippen LogP contribution in [-0.2, 0) is 4.74 Å². The third-order valence-corrected chi connectivity index (χ3v) is 3.51. The monoisotopic (exact) mass is 286 g/mol. The Morgan fingerprint density at radius 1 is 1.47 bits per heavy atom. The Kier molecular flexibility index (Phi) is 4.24. The molecule has 0 aromatic heterocycles. The summed E-state index contributed by atoms with van der Waals surface area (Å²) in [6, 6.07) is 4.67. The number of halogens is 1. The van der Waals surface area contributed by atoms with Gasteiger partial charge >= 0.3 is 5.69 Å². The average molecular weight is 287 g/mol. The zero-order chi connectivity index (χ0) is 13.9. The van der Waals surface area contributed by atoms with E-state index in [0.717, 1.165) is 0 Å². The molecular formula is C12H15ClN2O4. The number of ether oxygens (including phenoxy) is 1. The number of rotatable bonds is 4. The highest BCUT2D eigenvalue weighted by molar-refractivity contribution is 6.33. The van der Waals surface area contributed by atoms with Crippen molar-refractivity contribution >= 4 is 23.0 Å². The van der Waals surface area contributed by atoms with Crippen LogP contribution in [0.2, 0.25) is 5.02 Å². The fraction of sp³-hybridized carbons (Fsp3) is 0.500. The lowest BCUT2D eigenvalue weighted by atomic mass is 9.94. The molecule has 1 saturated heterocycles. The third kappa shape index (κ3) is 3.34. The highest BCUT2D eigenvalue weighted by atomic mass is 35.5. The van der Waals surface area contributed by atoms with Crippen molar-refractivity contribution in [3.63, 3.8) is 0 Å². The Bertz CT molecular complexity index is 475. The zero-order valence-electron chi connectivity index (χ0n) is 10.3. The molecule has 0 saturated carbocycles. The number of benzene rings is 1. The lowest BCUT2D eigenvalue weighted by Crippen LogP contribution is -2.42. The molecule has 1 aromatic rings. The predicted molar refractivity (Wildman–Crippen MR) is 71.6 cm³/mol. The summed E-state index contributed by atoms with van der Waals surface area (Å²) in [5, 5.41) is 24.2. The van der Waals surface area contributed by atoms with E-state index in [1.807, 2.05) is 0 Å². The van der Waals surface area contributed by atoms with Crippen molar-refractivity contribution in [1.29, 1.82) is 0 Å². The van der Waals surface area contributed by atoms with Crippen LogP contribution < -0.4 is 5.32 Å². The van der Waals surface area contributed by atoms with Gasteiger partial charge in [-0.25, -0.2) is 0 Å². The van der Waals surface area contributed by atoms with Gasteiger partial charge in [-0.15, -0.1) is 0 Å². The van der Waals surface area contributed by atoms with Gasteiger partial charge in [0.2, 0.25) is 0 Å². The highest BCUT2D eigenvalue weighted by Crippen LogP contribution is 2.33. The van der Waals surface area contributed by atoms with Crippen LogP contribution >= 0.6 is 11.6 Å². The Morgan fingerprint density at radius 3 is 2.79 bits per heavy atom. The van der Waals surface area contributed by atoms with Gasteiger partial charge in [-0.05, 0) is 12.1 Å². The number of nitrogens with zero attached hydrogens (tertiary/aromatic N) is 1. The number of aliphatic hydroxyl groups is 1. The number of nitro benzene ring substituents is 1. The molecule has 1 aromatic carbocycles. The standard InChI is InChI=1S/C12H15ClN2O4/c13-9-2-1-3-10(11(9)15(17)18)14-8-12(16)4-6-19-7-5-12/h1-3,14,16H,4-8H2. The molecule has 6 nitrogen and oxygen atoms in total. The molecule has 2 N–H and O–H groups in total. The average Bonchev–Trinajstić information content (AvgIpc) is 2.37. The molecule has 0 spiro atoms. The first-order valence-corrected chi connectivity index (χ1v) is 6.36. The first-order chi connectivity index (χ1) is 9.02. The summed E-state index contributed by atoms with van der Waals surface area (Å²) in [5.74, 6) is 0. The van der Waals surface area contributed by atoms with E-state index in [1.165, 1.54) is 6.07 Å². The van der Waals surface area contributed by atoms with E-state index in [1.54, 1.807) is 12.1 Å². The summed E-state index contributed by atoms with van der Waals surface area (Å²) in [4.78, 5) is 10.4. The minimum absolute atomic E-state index is 0.0777. The van der Waals surface area contributed by atoms with Crippen molar-refractivity contribution < 1.29 is 14.8 Å². The van der Waals surface area contributed by atoms with Crippen LogP contribution in [0.4, 0.5) is 11.4 Å². The fourth-order valence-corrected chi connectivity index (χ4v) is 2.27. The Hall–Kier alpha value is -1.37. The van der Waals surface area contributed by atoms with E-state index in [4.69, 9.17) is 16.3 Å². The van der Waals surface area contributed by atoms with Gasteiger partial charge in [0.25, 0.3) is 0 Å². The molecule has 1 heterocycles. The maximum atomic E-state index is 11.0. The van der Waals surface area contributed by atoms with E-state index in [-0.39, 0.29) is 17.3 Å². The largest absolute Gasteiger partial charge is 0.388 e. The molecule has 1 fully saturated rings. The molecule has 1 aliphatic rings. The number of hydrogen-bond donors (Lipinski definition) is 2. The van der Waals surface area contributed by atoms with Gasteiger partial charge in [0.05, 0.1) is 10.5 Å². The summed E-state index contributed by atoms with van der Waals surface area (Å²) >= 11 is 5.82. The second-order valence-electron chi connectivity index (χ2n) is 4.58. The maximum absolute atomic E-state index is 11.0.